The third-order valence-electron chi connectivity index (χ3n) is 5.61. The number of carbonyl (C=O) groups is 1. The number of nitrogens with one attached hydrogen (secondary N) is 2. The summed E-state index contributed by atoms with van der Waals surface area (Å²) in [5.74, 6) is 0.907. The molecule has 154 valence electrons. The van der Waals surface area contributed by atoms with Crippen LogP contribution in [-0.2, 0) is 24.1 Å². The molecule has 2 aromatic carbocycles. The first-order valence-electron chi connectivity index (χ1n) is 10.3. The second kappa shape index (κ2) is 9.05. The molecule has 4 rings (SSSR count). The molecule has 1 saturated heterocycles. The largest absolute Gasteiger partial charge is 0.369 e. The van der Waals surface area contributed by atoms with Crippen molar-refractivity contribution in [3.8, 4) is 0 Å². The number of primary amides is 1. The minimum Gasteiger partial charge on any atom is -0.369 e. The number of aryl methyl sites for hydroxylation is 3. The van der Waals surface area contributed by atoms with Crippen LogP contribution in [0.2, 0.25) is 0 Å². The van der Waals surface area contributed by atoms with Crippen molar-refractivity contribution < 1.29 is 4.79 Å². The van der Waals surface area contributed by atoms with Gasteiger partial charge in [0.05, 0.1) is 6.42 Å². The Balaban J connectivity index is 1.44. The Morgan fingerprint density at radius 3 is 2.50 bits per heavy atom. The summed E-state index contributed by atoms with van der Waals surface area (Å²) in [5, 5.41) is 6.61. The van der Waals surface area contributed by atoms with E-state index in [9.17, 15) is 4.79 Å². The molecule has 0 bridgehead atoms. The number of carbonyl (C=O) groups excluding carboxylic acids is 1. The summed E-state index contributed by atoms with van der Waals surface area (Å²) in [6, 6.07) is 16.4. The third-order valence-corrected chi connectivity index (χ3v) is 5.61. The lowest BCUT2D eigenvalue weighted by Gasteiger charge is -2.27. The van der Waals surface area contributed by atoms with Crippen LogP contribution in [0.4, 0.5) is 11.6 Å². The van der Waals surface area contributed by atoms with E-state index in [1.165, 1.54) is 5.56 Å². The molecular weight excluding hydrogens is 374 g/mol. The Bertz CT molecular complexity index is 1030. The van der Waals surface area contributed by atoms with Gasteiger partial charge in [-0.05, 0) is 54.2 Å². The predicted molar refractivity (Wildman–Crippen MR) is 119 cm³/mol. The highest BCUT2D eigenvalue weighted by molar-refractivity contribution is 5.77. The van der Waals surface area contributed by atoms with Crippen LogP contribution in [0, 0.1) is 6.92 Å². The topological polar surface area (TPSA) is 92.9 Å². The molecule has 0 saturated carbocycles. The number of nitrogens with two attached hydrogens (primary N) is 1. The van der Waals surface area contributed by atoms with Crippen molar-refractivity contribution in [3.63, 3.8) is 0 Å². The normalized spacial score (nSPS) is 13.6. The Morgan fingerprint density at radius 2 is 1.83 bits per heavy atom. The van der Waals surface area contributed by atoms with Crippen LogP contribution in [0.5, 0.6) is 0 Å². The third kappa shape index (κ3) is 4.83. The maximum Gasteiger partial charge on any atom is 0.227 e. The van der Waals surface area contributed by atoms with Gasteiger partial charge in [0.1, 0.15) is 0 Å². The van der Waals surface area contributed by atoms with Gasteiger partial charge in [0.15, 0.2) is 0 Å². The fourth-order valence-corrected chi connectivity index (χ4v) is 3.70. The van der Waals surface area contributed by atoms with E-state index in [1.54, 1.807) is 0 Å². The zero-order chi connectivity index (χ0) is 20.9. The van der Waals surface area contributed by atoms with Crippen LogP contribution >= 0.6 is 0 Å². The van der Waals surface area contributed by atoms with E-state index in [0.29, 0.717) is 11.9 Å². The average molecular weight is 402 g/mol. The molecule has 4 N–H and O–H groups in total. The summed E-state index contributed by atoms with van der Waals surface area (Å²) in [4.78, 5) is 20.5. The van der Waals surface area contributed by atoms with Crippen molar-refractivity contribution in [1.29, 1.82) is 0 Å². The standard InChI is InChI=1S/C24H27N5O/c1-16-13-27-24(28-21-9-6-18(7-10-21)20-14-26-15-20)29-22(16)11-8-17-4-2-3-5-19(17)12-23(25)30/h2-7,9-10,13,20,26H,8,11-12,14-15H2,1H3,(H2,25,30)(H,27,28,29). The van der Waals surface area contributed by atoms with E-state index < -0.39 is 0 Å². The second-order valence-electron chi connectivity index (χ2n) is 7.84. The lowest BCUT2D eigenvalue weighted by Crippen LogP contribution is -2.39. The Morgan fingerprint density at radius 1 is 1.10 bits per heavy atom. The molecule has 1 fully saturated rings. The molecule has 1 aliphatic rings. The average Bonchev–Trinajstić information content (AvgIpc) is 2.69. The number of rotatable bonds is 8. The highest BCUT2D eigenvalue weighted by Crippen LogP contribution is 2.23. The molecule has 1 amide bonds. The fourth-order valence-electron chi connectivity index (χ4n) is 3.70. The summed E-state index contributed by atoms with van der Waals surface area (Å²) in [6.45, 7) is 4.13. The molecule has 3 aromatic rings. The van der Waals surface area contributed by atoms with Gasteiger partial charge >= 0.3 is 0 Å². The van der Waals surface area contributed by atoms with Crippen molar-refractivity contribution in [2.24, 2.45) is 5.73 Å². The molecule has 0 spiro atoms. The molecule has 0 radical (unpaired) electrons. The highest BCUT2D eigenvalue weighted by atomic mass is 16.1. The van der Waals surface area contributed by atoms with Gasteiger partial charge in [-0.25, -0.2) is 9.97 Å². The zero-order valence-corrected chi connectivity index (χ0v) is 17.2. The van der Waals surface area contributed by atoms with Gasteiger partial charge in [-0.3, -0.25) is 4.79 Å². The van der Waals surface area contributed by atoms with Gasteiger partial charge in [0.25, 0.3) is 0 Å². The molecule has 0 unspecified atom stereocenters. The SMILES string of the molecule is Cc1cnc(Nc2ccc(C3CNC3)cc2)nc1CCc1ccccc1CC(N)=O. The molecule has 1 aromatic heterocycles. The number of anilines is 2. The van der Waals surface area contributed by atoms with E-state index in [4.69, 9.17) is 10.7 Å². The quantitative estimate of drug-likeness (QED) is 0.540. The van der Waals surface area contributed by atoms with E-state index in [0.717, 1.165) is 54.0 Å². The van der Waals surface area contributed by atoms with Gasteiger partial charge in [-0.1, -0.05) is 36.4 Å². The van der Waals surface area contributed by atoms with E-state index in [2.05, 4.69) is 39.9 Å². The maximum absolute atomic E-state index is 11.3. The van der Waals surface area contributed by atoms with Gasteiger partial charge in [-0.15, -0.1) is 0 Å². The molecule has 0 aliphatic carbocycles. The van der Waals surface area contributed by atoms with Crippen LogP contribution in [0.15, 0.2) is 54.7 Å². The zero-order valence-electron chi connectivity index (χ0n) is 17.2. The lowest BCUT2D eigenvalue weighted by molar-refractivity contribution is -0.117. The summed E-state index contributed by atoms with van der Waals surface area (Å²) >= 11 is 0. The van der Waals surface area contributed by atoms with Crippen LogP contribution in [-0.4, -0.2) is 29.0 Å². The summed E-state index contributed by atoms with van der Waals surface area (Å²) in [6.07, 6.45) is 3.68. The van der Waals surface area contributed by atoms with E-state index in [1.807, 2.05) is 37.4 Å². The lowest BCUT2D eigenvalue weighted by atomic mass is 9.94. The first kappa shape index (κ1) is 20.0. The fraction of sp³-hybridized carbons (Fsp3) is 0.292. The molecule has 6 nitrogen and oxygen atoms in total. The molecule has 2 heterocycles. The number of hydrogen-bond donors (Lipinski definition) is 3. The number of benzene rings is 2. The molecule has 30 heavy (non-hydrogen) atoms. The number of amides is 1. The number of hydrogen-bond acceptors (Lipinski definition) is 5. The van der Waals surface area contributed by atoms with Crippen LogP contribution in [0.3, 0.4) is 0 Å². The minimum absolute atomic E-state index is 0.263. The predicted octanol–water partition coefficient (Wildman–Crippen LogP) is 3.03. The smallest absolute Gasteiger partial charge is 0.227 e. The molecule has 0 atom stereocenters. The summed E-state index contributed by atoms with van der Waals surface area (Å²) < 4.78 is 0. The monoisotopic (exact) mass is 401 g/mol. The van der Waals surface area contributed by atoms with Gasteiger partial charge < -0.3 is 16.4 Å². The van der Waals surface area contributed by atoms with E-state index >= 15 is 0 Å². The number of aromatic nitrogens is 2. The van der Waals surface area contributed by atoms with Crippen molar-refractivity contribution in [2.45, 2.75) is 32.1 Å². The Kier molecular flexibility index (Phi) is 6.05. The number of nitrogens with zero attached hydrogens (tertiary/aromatic N) is 2. The summed E-state index contributed by atoms with van der Waals surface area (Å²) in [5.41, 5.74) is 11.9. The molecule has 1 aliphatic heterocycles. The van der Waals surface area contributed by atoms with Gasteiger partial charge in [0.2, 0.25) is 11.9 Å². The van der Waals surface area contributed by atoms with Crippen LogP contribution in [0.1, 0.15) is 33.9 Å². The van der Waals surface area contributed by atoms with Crippen molar-refractivity contribution in [1.82, 2.24) is 15.3 Å². The summed E-state index contributed by atoms with van der Waals surface area (Å²) in [7, 11) is 0. The first-order valence-corrected chi connectivity index (χ1v) is 10.3. The first-order chi connectivity index (χ1) is 14.6. The minimum atomic E-state index is -0.313. The Hall–Kier alpha value is -3.25. The van der Waals surface area contributed by atoms with Crippen molar-refractivity contribution in [3.05, 3.63) is 82.7 Å². The Labute approximate surface area is 176 Å². The van der Waals surface area contributed by atoms with Gasteiger partial charge in [-0.2, -0.15) is 0 Å². The van der Waals surface area contributed by atoms with Gasteiger partial charge in [0, 0.05) is 36.6 Å². The van der Waals surface area contributed by atoms with Crippen LogP contribution in [0.25, 0.3) is 0 Å². The highest BCUT2D eigenvalue weighted by Gasteiger charge is 2.18. The van der Waals surface area contributed by atoms with E-state index in [-0.39, 0.29) is 12.3 Å². The van der Waals surface area contributed by atoms with Crippen LogP contribution < -0.4 is 16.4 Å². The van der Waals surface area contributed by atoms with Crippen molar-refractivity contribution >= 4 is 17.5 Å². The molecular formula is C24H27N5O. The van der Waals surface area contributed by atoms with Crippen molar-refractivity contribution in [2.75, 3.05) is 18.4 Å². The second-order valence-corrected chi connectivity index (χ2v) is 7.84. The molecule has 6 heteroatoms. The maximum atomic E-state index is 11.3.